The number of rotatable bonds is 7. The predicted octanol–water partition coefficient (Wildman–Crippen LogP) is 4.46. The minimum absolute atomic E-state index is 0.121. The number of alkyl halides is 3. The van der Waals surface area contributed by atoms with Crippen molar-refractivity contribution in [3.05, 3.63) is 77.5 Å². The molecule has 234 valence electrons. The van der Waals surface area contributed by atoms with E-state index in [0.29, 0.717) is 36.3 Å². The zero-order valence-corrected chi connectivity index (χ0v) is 24.3. The van der Waals surface area contributed by atoms with Crippen molar-refractivity contribution in [1.29, 1.82) is 0 Å². The fraction of sp³-hybridized carbons (Fsp3) is 0.355. The fourth-order valence-electron chi connectivity index (χ4n) is 5.87. The Morgan fingerprint density at radius 3 is 2.64 bits per heavy atom. The number of aromatic nitrogens is 4. The first-order chi connectivity index (χ1) is 21.6. The van der Waals surface area contributed by atoms with Crippen molar-refractivity contribution >= 4 is 34.3 Å². The van der Waals surface area contributed by atoms with Gasteiger partial charge >= 0.3 is 6.18 Å². The lowest BCUT2D eigenvalue weighted by atomic mass is 9.91. The minimum atomic E-state index is -4.67. The van der Waals surface area contributed by atoms with E-state index in [1.165, 1.54) is 13.2 Å². The van der Waals surface area contributed by atoms with Gasteiger partial charge in [0.05, 0.1) is 36.0 Å². The highest BCUT2D eigenvalue weighted by molar-refractivity contribution is 6.05. The standard InChI is InChI=1S/C31H30F3N7O4/c1-45-25-15-23-19(14-24(25)37-30(44)22-5-2-6-26(36-22)31(32,33)34)17-41(39-23)20-9-12-40(13-10-20)16-18-4-3-11-35-28(18)21-7-8-27(42)38-29(21)43/h2-6,11,14-15,17,20-21H,7-10,12-13,16H2,1H3,(H,37,44)(H,38,42,43). The highest BCUT2D eigenvalue weighted by Crippen LogP contribution is 2.33. The molecule has 3 amide bonds. The zero-order chi connectivity index (χ0) is 31.7. The Morgan fingerprint density at radius 2 is 1.91 bits per heavy atom. The van der Waals surface area contributed by atoms with Crippen LogP contribution in [0.25, 0.3) is 10.9 Å². The van der Waals surface area contributed by atoms with Crippen LogP contribution < -0.4 is 15.4 Å². The van der Waals surface area contributed by atoms with Crippen LogP contribution in [-0.2, 0) is 22.3 Å². The molecule has 2 N–H and O–H groups in total. The van der Waals surface area contributed by atoms with E-state index < -0.39 is 23.7 Å². The minimum Gasteiger partial charge on any atom is -0.494 e. The fourth-order valence-corrected chi connectivity index (χ4v) is 5.87. The first-order valence-electron chi connectivity index (χ1n) is 14.5. The number of nitrogens with zero attached hydrogens (tertiary/aromatic N) is 5. The maximum Gasteiger partial charge on any atom is 0.433 e. The van der Waals surface area contributed by atoms with E-state index in [2.05, 4.69) is 25.5 Å². The van der Waals surface area contributed by atoms with Gasteiger partial charge in [0.15, 0.2) is 0 Å². The maximum atomic E-state index is 13.1. The molecule has 4 aromatic rings. The molecule has 2 aliphatic heterocycles. The van der Waals surface area contributed by atoms with Crippen molar-refractivity contribution in [3.8, 4) is 5.75 Å². The summed E-state index contributed by atoms with van der Waals surface area (Å²) in [6, 6.07) is 10.5. The Bertz CT molecular complexity index is 1770. The normalized spacial score (nSPS) is 18.2. The molecule has 2 fully saturated rings. The Morgan fingerprint density at radius 1 is 1.11 bits per heavy atom. The third-order valence-electron chi connectivity index (χ3n) is 8.18. The second-order valence-electron chi connectivity index (χ2n) is 11.1. The lowest BCUT2D eigenvalue weighted by molar-refractivity contribution is -0.141. The Balaban J connectivity index is 1.13. The van der Waals surface area contributed by atoms with Gasteiger partial charge in [0.2, 0.25) is 11.8 Å². The zero-order valence-electron chi connectivity index (χ0n) is 24.3. The van der Waals surface area contributed by atoms with E-state index in [1.54, 1.807) is 18.3 Å². The summed E-state index contributed by atoms with van der Waals surface area (Å²) in [4.78, 5) is 47.2. The number of likely N-dealkylation sites (tertiary alicyclic amines) is 1. The number of hydrogen-bond acceptors (Lipinski definition) is 8. The van der Waals surface area contributed by atoms with Gasteiger partial charge < -0.3 is 10.1 Å². The van der Waals surface area contributed by atoms with Gasteiger partial charge in [-0.2, -0.15) is 18.3 Å². The molecule has 0 bridgehead atoms. The number of fused-ring (bicyclic) bond motifs is 1. The molecule has 0 radical (unpaired) electrons. The number of piperidine rings is 2. The van der Waals surface area contributed by atoms with Crippen LogP contribution >= 0.6 is 0 Å². The van der Waals surface area contributed by atoms with E-state index in [0.717, 1.165) is 49.0 Å². The Kier molecular flexibility index (Phi) is 8.23. The van der Waals surface area contributed by atoms with Crippen LogP contribution in [0.2, 0.25) is 0 Å². The molecule has 45 heavy (non-hydrogen) atoms. The van der Waals surface area contributed by atoms with Crippen molar-refractivity contribution in [2.24, 2.45) is 0 Å². The van der Waals surface area contributed by atoms with E-state index in [1.807, 2.05) is 23.0 Å². The van der Waals surface area contributed by atoms with Crippen LogP contribution in [0, 0.1) is 0 Å². The molecule has 1 aromatic carbocycles. The van der Waals surface area contributed by atoms with E-state index >= 15 is 0 Å². The van der Waals surface area contributed by atoms with E-state index in [4.69, 9.17) is 9.84 Å². The molecule has 1 unspecified atom stereocenters. The summed E-state index contributed by atoms with van der Waals surface area (Å²) in [5, 5.41) is 10.5. The number of amides is 3. The average Bonchev–Trinajstić information content (AvgIpc) is 3.44. The van der Waals surface area contributed by atoms with Crippen LogP contribution in [0.5, 0.6) is 5.75 Å². The monoisotopic (exact) mass is 621 g/mol. The number of nitrogens with one attached hydrogen (secondary N) is 2. The van der Waals surface area contributed by atoms with Crippen molar-refractivity contribution in [3.63, 3.8) is 0 Å². The van der Waals surface area contributed by atoms with Gasteiger partial charge in [-0.15, -0.1) is 0 Å². The lowest BCUT2D eigenvalue weighted by Crippen LogP contribution is -2.40. The number of ether oxygens (including phenoxy) is 1. The number of pyridine rings is 2. The average molecular weight is 622 g/mol. The van der Waals surface area contributed by atoms with E-state index in [9.17, 15) is 27.6 Å². The first kappa shape index (κ1) is 30.2. The number of carbonyl (C=O) groups excluding carboxylic acids is 3. The molecule has 2 saturated heterocycles. The topological polar surface area (TPSA) is 131 Å². The molecule has 11 nitrogen and oxygen atoms in total. The van der Waals surface area contributed by atoms with Crippen LogP contribution in [-0.4, -0.2) is 62.6 Å². The van der Waals surface area contributed by atoms with Crippen molar-refractivity contribution in [2.45, 2.75) is 50.4 Å². The van der Waals surface area contributed by atoms with Crippen LogP contribution in [0.15, 0.2) is 54.9 Å². The third kappa shape index (κ3) is 6.50. The molecule has 1 atom stereocenters. The Hall–Kier alpha value is -4.85. The summed E-state index contributed by atoms with van der Waals surface area (Å²) >= 11 is 0. The van der Waals surface area contributed by atoms with Gasteiger partial charge in [0.25, 0.3) is 5.91 Å². The van der Waals surface area contributed by atoms with Gasteiger partial charge in [-0.05, 0) is 49.1 Å². The molecule has 2 aliphatic rings. The molecule has 6 rings (SSSR count). The van der Waals surface area contributed by atoms with Gasteiger partial charge in [-0.3, -0.25) is 34.3 Å². The molecule has 0 saturated carbocycles. The van der Waals surface area contributed by atoms with Crippen molar-refractivity contribution in [2.75, 3.05) is 25.5 Å². The molecule has 3 aromatic heterocycles. The maximum absolute atomic E-state index is 13.1. The van der Waals surface area contributed by atoms with Crippen molar-refractivity contribution in [1.82, 2.24) is 30.0 Å². The number of imide groups is 1. The summed E-state index contributed by atoms with van der Waals surface area (Å²) < 4.78 is 46.6. The smallest absolute Gasteiger partial charge is 0.433 e. The lowest BCUT2D eigenvalue weighted by Gasteiger charge is -2.33. The molecule has 0 spiro atoms. The van der Waals surface area contributed by atoms with Gasteiger partial charge in [0.1, 0.15) is 17.1 Å². The van der Waals surface area contributed by atoms with Gasteiger partial charge in [-0.1, -0.05) is 12.1 Å². The molecule has 0 aliphatic carbocycles. The molecule has 5 heterocycles. The highest BCUT2D eigenvalue weighted by Gasteiger charge is 2.33. The Labute approximate surface area is 255 Å². The summed E-state index contributed by atoms with van der Waals surface area (Å²) in [5.41, 5.74) is 1.09. The number of benzene rings is 1. The summed E-state index contributed by atoms with van der Waals surface area (Å²) in [5.74, 6) is -1.49. The number of anilines is 1. The van der Waals surface area contributed by atoms with Crippen LogP contribution in [0.4, 0.5) is 18.9 Å². The summed E-state index contributed by atoms with van der Waals surface area (Å²) in [6.07, 6.45) is 1.27. The van der Waals surface area contributed by atoms with Crippen molar-refractivity contribution < 1.29 is 32.3 Å². The number of halogens is 3. The second-order valence-corrected chi connectivity index (χ2v) is 11.1. The number of methoxy groups -OCH3 is 1. The third-order valence-corrected chi connectivity index (χ3v) is 8.18. The summed E-state index contributed by atoms with van der Waals surface area (Å²) in [6.45, 7) is 2.22. The van der Waals surface area contributed by atoms with Crippen LogP contribution in [0.1, 0.15) is 65.1 Å². The highest BCUT2D eigenvalue weighted by atomic mass is 19.4. The quantitative estimate of drug-likeness (QED) is 0.289. The largest absolute Gasteiger partial charge is 0.494 e. The number of hydrogen-bond donors (Lipinski definition) is 2. The molecular weight excluding hydrogens is 591 g/mol. The molecular formula is C31H30F3N7O4. The second kappa shape index (κ2) is 12.3. The van der Waals surface area contributed by atoms with Gasteiger partial charge in [-0.25, -0.2) is 4.98 Å². The summed E-state index contributed by atoms with van der Waals surface area (Å²) in [7, 11) is 1.43. The first-order valence-corrected chi connectivity index (χ1v) is 14.5. The van der Waals surface area contributed by atoms with Gasteiger partial charge in [0, 0.05) is 49.9 Å². The SMILES string of the molecule is COc1cc2nn(C3CCN(Cc4cccnc4C4CCC(=O)NC4=O)CC3)cc2cc1NC(=O)c1cccc(C(F)(F)F)n1. The predicted molar refractivity (Wildman–Crippen MR) is 156 cm³/mol. The number of carbonyl (C=O) groups is 3. The van der Waals surface area contributed by atoms with E-state index in [-0.39, 0.29) is 29.2 Å². The van der Waals surface area contributed by atoms with Crippen LogP contribution in [0.3, 0.4) is 0 Å². The molecule has 14 heteroatoms.